The molecule has 8 nitrogen and oxygen atoms in total. The van der Waals surface area contributed by atoms with Crippen LogP contribution in [0.4, 0.5) is 0 Å². The van der Waals surface area contributed by atoms with Crippen LogP contribution < -0.4 is 0 Å². The number of nitrogens with zero attached hydrogens (tertiary/aromatic N) is 6. The number of aromatic amines is 2. The number of halogens is 1. The van der Waals surface area contributed by atoms with Crippen molar-refractivity contribution in [3.8, 4) is 23.0 Å². The second-order valence-electron chi connectivity index (χ2n) is 5.09. The van der Waals surface area contributed by atoms with Crippen molar-refractivity contribution in [2.24, 2.45) is 0 Å². The molecule has 4 heterocycles. The molecule has 0 saturated carbocycles. The lowest BCUT2D eigenvalue weighted by Crippen LogP contribution is -1.87. The van der Waals surface area contributed by atoms with Gasteiger partial charge in [-0.1, -0.05) is 11.6 Å². The molecule has 0 aliphatic rings. The largest absolute Gasteiger partial charge is 0.282 e. The van der Waals surface area contributed by atoms with Crippen molar-refractivity contribution >= 4 is 11.6 Å². The summed E-state index contributed by atoms with van der Waals surface area (Å²) >= 11 is 5.97. The van der Waals surface area contributed by atoms with E-state index in [2.05, 4.69) is 40.3 Å². The van der Waals surface area contributed by atoms with Gasteiger partial charge in [-0.25, -0.2) is 19.9 Å². The Kier molecular flexibility index (Phi) is 5.10. The predicted molar refractivity (Wildman–Crippen MR) is 93.7 cm³/mol. The summed E-state index contributed by atoms with van der Waals surface area (Å²) in [6.07, 6.45) is 6.71. The minimum Gasteiger partial charge on any atom is -0.282 e. The molecule has 0 atom stereocenters. The van der Waals surface area contributed by atoms with E-state index in [1.165, 1.54) is 0 Å². The molecule has 2 N–H and O–H groups in total. The van der Waals surface area contributed by atoms with Gasteiger partial charge >= 0.3 is 0 Å². The van der Waals surface area contributed by atoms with E-state index in [9.17, 15) is 0 Å². The van der Waals surface area contributed by atoms with Gasteiger partial charge < -0.3 is 0 Å². The van der Waals surface area contributed by atoms with E-state index >= 15 is 0 Å². The summed E-state index contributed by atoms with van der Waals surface area (Å²) in [7, 11) is 0. The van der Waals surface area contributed by atoms with Gasteiger partial charge in [-0.05, 0) is 32.0 Å². The monoisotopic (exact) mass is 354 g/mol. The molecular formula is C16H15ClN8. The fourth-order valence-corrected chi connectivity index (χ4v) is 2.12. The van der Waals surface area contributed by atoms with Crippen LogP contribution in [0.5, 0.6) is 0 Å². The molecule has 4 aromatic heterocycles. The maximum absolute atomic E-state index is 5.97. The predicted octanol–water partition coefficient (Wildman–Crippen LogP) is 3.00. The van der Waals surface area contributed by atoms with Crippen LogP contribution in [0.25, 0.3) is 23.0 Å². The van der Waals surface area contributed by atoms with Crippen LogP contribution in [0.15, 0.2) is 43.0 Å². The quantitative estimate of drug-likeness (QED) is 0.572. The molecule has 0 fully saturated rings. The van der Waals surface area contributed by atoms with Crippen LogP contribution >= 0.6 is 11.6 Å². The van der Waals surface area contributed by atoms with Crippen molar-refractivity contribution in [1.29, 1.82) is 0 Å². The second-order valence-corrected chi connectivity index (χ2v) is 5.47. The molecule has 0 radical (unpaired) electrons. The first-order valence-electron chi connectivity index (χ1n) is 7.42. The highest BCUT2D eigenvalue weighted by Gasteiger charge is 2.11. The zero-order chi connectivity index (χ0) is 17.6. The van der Waals surface area contributed by atoms with Crippen LogP contribution in [0.2, 0.25) is 5.02 Å². The van der Waals surface area contributed by atoms with Gasteiger partial charge in [-0.3, -0.25) is 10.2 Å². The van der Waals surface area contributed by atoms with Crippen LogP contribution in [0, 0.1) is 13.8 Å². The SMILES string of the molecule is Cc1[nH]nc(-c2ncccn2)c1Cl.Cc1cc(-c2ncccn2)n[nH]1. The highest BCUT2D eigenvalue weighted by atomic mass is 35.5. The Morgan fingerprint density at radius 3 is 1.88 bits per heavy atom. The topological polar surface area (TPSA) is 109 Å². The van der Waals surface area contributed by atoms with Crippen molar-refractivity contribution in [3.05, 3.63) is 59.4 Å². The first-order chi connectivity index (χ1) is 12.1. The molecule has 0 spiro atoms. The van der Waals surface area contributed by atoms with E-state index in [1.807, 2.05) is 19.9 Å². The zero-order valence-electron chi connectivity index (χ0n) is 13.6. The van der Waals surface area contributed by atoms with Gasteiger partial charge in [-0.15, -0.1) is 0 Å². The number of nitrogens with one attached hydrogen (secondary N) is 2. The number of aromatic nitrogens is 8. The Morgan fingerprint density at radius 1 is 0.800 bits per heavy atom. The third-order valence-electron chi connectivity index (χ3n) is 3.15. The van der Waals surface area contributed by atoms with Crippen molar-refractivity contribution in [2.45, 2.75) is 13.8 Å². The molecule has 0 amide bonds. The molecule has 9 heteroatoms. The highest BCUT2D eigenvalue weighted by molar-refractivity contribution is 6.33. The van der Waals surface area contributed by atoms with Crippen molar-refractivity contribution in [2.75, 3.05) is 0 Å². The number of rotatable bonds is 2. The van der Waals surface area contributed by atoms with Gasteiger partial charge in [0.2, 0.25) is 0 Å². The van der Waals surface area contributed by atoms with Gasteiger partial charge in [0.25, 0.3) is 0 Å². The molecule has 25 heavy (non-hydrogen) atoms. The Labute approximate surface area is 148 Å². The van der Waals surface area contributed by atoms with Crippen molar-refractivity contribution in [3.63, 3.8) is 0 Å². The molecule has 0 saturated heterocycles. The minimum absolute atomic E-state index is 0.539. The Bertz CT molecular complexity index is 933. The van der Waals surface area contributed by atoms with Crippen LogP contribution in [0.3, 0.4) is 0 Å². The molecule has 0 unspecified atom stereocenters. The number of aryl methyl sites for hydroxylation is 2. The lowest BCUT2D eigenvalue weighted by Gasteiger charge is -1.93. The van der Waals surface area contributed by atoms with Gasteiger partial charge in [0.15, 0.2) is 11.6 Å². The summed E-state index contributed by atoms with van der Waals surface area (Å²) in [5.41, 5.74) is 3.22. The normalized spacial score (nSPS) is 10.2. The third-order valence-corrected chi connectivity index (χ3v) is 3.61. The minimum atomic E-state index is 0.539. The summed E-state index contributed by atoms with van der Waals surface area (Å²) in [6.45, 7) is 3.79. The zero-order valence-corrected chi connectivity index (χ0v) is 14.4. The summed E-state index contributed by atoms with van der Waals surface area (Å²) in [4.78, 5) is 16.2. The Hall–Kier alpha value is -3.13. The standard InChI is InChI=1S/C8H7ClN4.C8H8N4/c1-5-6(9)7(13-12-5)8-10-3-2-4-11-8;1-6-5-7(12-11-6)8-9-3-2-4-10-8/h2-4H,1H3,(H,12,13);2-5H,1H3,(H,11,12). The van der Waals surface area contributed by atoms with Crippen molar-refractivity contribution < 1.29 is 0 Å². The van der Waals surface area contributed by atoms with Crippen LogP contribution in [-0.2, 0) is 0 Å². The Balaban J connectivity index is 0.000000146. The molecular weight excluding hydrogens is 340 g/mol. The maximum Gasteiger partial charge on any atom is 0.181 e. The van der Waals surface area contributed by atoms with E-state index in [-0.39, 0.29) is 0 Å². The molecule has 4 rings (SSSR count). The third kappa shape index (κ3) is 4.04. The van der Waals surface area contributed by atoms with Crippen molar-refractivity contribution in [1.82, 2.24) is 40.3 Å². The molecule has 4 aromatic rings. The number of hydrogen-bond acceptors (Lipinski definition) is 6. The van der Waals surface area contributed by atoms with E-state index in [0.29, 0.717) is 22.4 Å². The second kappa shape index (κ2) is 7.63. The van der Waals surface area contributed by atoms with E-state index in [0.717, 1.165) is 17.1 Å². The molecule has 126 valence electrons. The van der Waals surface area contributed by atoms with Crippen LogP contribution in [0.1, 0.15) is 11.4 Å². The van der Waals surface area contributed by atoms with Gasteiger partial charge in [-0.2, -0.15) is 10.2 Å². The van der Waals surface area contributed by atoms with E-state index < -0.39 is 0 Å². The number of H-pyrrole nitrogens is 2. The smallest absolute Gasteiger partial charge is 0.181 e. The average molecular weight is 355 g/mol. The Morgan fingerprint density at radius 2 is 1.40 bits per heavy atom. The van der Waals surface area contributed by atoms with Crippen LogP contribution in [-0.4, -0.2) is 40.3 Å². The summed E-state index contributed by atoms with van der Waals surface area (Å²) in [5, 5.41) is 14.2. The summed E-state index contributed by atoms with van der Waals surface area (Å²) in [5.74, 6) is 1.19. The average Bonchev–Trinajstić information content (AvgIpc) is 3.23. The molecule has 0 bridgehead atoms. The van der Waals surface area contributed by atoms with Gasteiger partial charge in [0, 0.05) is 30.5 Å². The molecule has 0 aliphatic heterocycles. The molecule has 0 aromatic carbocycles. The first-order valence-corrected chi connectivity index (χ1v) is 7.80. The lowest BCUT2D eigenvalue weighted by atomic mass is 10.3. The maximum atomic E-state index is 5.97. The number of hydrogen-bond donors (Lipinski definition) is 2. The summed E-state index contributed by atoms with van der Waals surface area (Å²) < 4.78 is 0. The first kappa shape index (κ1) is 16.7. The van der Waals surface area contributed by atoms with Gasteiger partial charge in [0.05, 0.1) is 10.7 Å². The molecule has 0 aliphatic carbocycles. The highest BCUT2D eigenvalue weighted by Crippen LogP contribution is 2.24. The van der Waals surface area contributed by atoms with E-state index in [1.54, 1.807) is 36.9 Å². The summed E-state index contributed by atoms with van der Waals surface area (Å²) in [6, 6.07) is 5.44. The van der Waals surface area contributed by atoms with Gasteiger partial charge in [0.1, 0.15) is 11.4 Å². The fraction of sp³-hybridized carbons (Fsp3) is 0.125. The lowest BCUT2D eigenvalue weighted by molar-refractivity contribution is 1.03. The van der Waals surface area contributed by atoms with E-state index in [4.69, 9.17) is 11.6 Å². The fourth-order valence-electron chi connectivity index (χ4n) is 1.95.